The van der Waals surface area contributed by atoms with E-state index in [9.17, 15) is 27.7 Å². The number of nitro benzene ring substituents is 1. The van der Waals surface area contributed by atoms with Gasteiger partial charge >= 0.3 is 0 Å². The lowest BCUT2D eigenvalue weighted by atomic mass is 10.1. The molecule has 0 spiro atoms. The highest BCUT2D eigenvalue weighted by atomic mass is 32.2. The first kappa shape index (κ1) is 21.3. The molecule has 0 unspecified atom stereocenters. The molecule has 0 aromatic heterocycles. The number of benzene rings is 2. The summed E-state index contributed by atoms with van der Waals surface area (Å²) < 4.78 is 38.5. The normalized spacial score (nSPS) is 12.3. The van der Waals surface area contributed by atoms with Gasteiger partial charge in [0.25, 0.3) is 5.69 Å². The standard InChI is InChI=1S/C18H20FN3O5S/c1-12-4-9-16(22(24)25)10-17(12)21(28(3,26)27)13(2)18(23)20-11-14-5-7-15(19)8-6-14/h4-10,13H,11H2,1-3H3,(H,20,23)/t13-/m0/s1. The van der Waals surface area contributed by atoms with Gasteiger partial charge in [0.15, 0.2) is 0 Å². The monoisotopic (exact) mass is 409 g/mol. The van der Waals surface area contributed by atoms with E-state index in [0.717, 1.165) is 16.6 Å². The number of aryl methyl sites for hydroxylation is 1. The summed E-state index contributed by atoms with van der Waals surface area (Å²) in [7, 11) is -3.92. The summed E-state index contributed by atoms with van der Waals surface area (Å²) >= 11 is 0. The predicted octanol–water partition coefficient (Wildman–Crippen LogP) is 2.51. The molecular formula is C18H20FN3O5S. The van der Waals surface area contributed by atoms with Crippen LogP contribution in [0.5, 0.6) is 0 Å². The summed E-state index contributed by atoms with van der Waals surface area (Å²) in [5, 5.41) is 13.7. The summed E-state index contributed by atoms with van der Waals surface area (Å²) in [5.41, 5.74) is 0.878. The van der Waals surface area contributed by atoms with Gasteiger partial charge in [-0.3, -0.25) is 19.2 Å². The number of sulfonamides is 1. The number of hydrogen-bond donors (Lipinski definition) is 1. The van der Waals surface area contributed by atoms with Crippen LogP contribution in [0.1, 0.15) is 18.1 Å². The molecule has 2 aromatic carbocycles. The van der Waals surface area contributed by atoms with Crippen LogP contribution in [0.3, 0.4) is 0 Å². The largest absolute Gasteiger partial charge is 0.350 e. The molecule has 10 heteroatoms. The van der Waals surface area contributed by atoms with Gasteiger partial charge in [0.05, 0.1) is 16.9 Å². The number of carbonyl (C=O) groups excluding carboxylic acids is 1. The van der Waals surface area contributed by atoms with Crippen molar-refractivity contribution in [1.82, 2.24) is 5.32 Å². The number of nitro groups is 1. The van der Waals surface area contributed by atoms with Gasteiger partial charge in [0.1, 0.15) is 11.9 Å². The Bertz CT molecular complexity index is 993. The van der Waals surface area contributed by atoms with Crippen molar-refractivity contribution in [2.75, 3.05) is 10.6 Å². The number of nitrogens with one attached hydrogen (secondary N) is 1. The number of halogens is 1. The number of nitrogens with zero attached hydrogens (tertiary/aromatic N) is 2. The van der Waals surface area contributed by atoms with Crippen LogP contribution in [0.4, 0.5) is 15.8 Å². The molecule has 0 radical (unpaired) electrons. The van der Waals surface area contributed by atoms with E-state index < -0.39 is 32.7 Å². The number of carbonyl (C=O) groups is 1. The Morgan fingerprint density at radius 3 is 2.39 bits per heavy atom. The highest BCUT2D eigenvalue weighted by Crippen LogP contribution is 2.29. The minimum Gasteiger partial charge on any atom is -0.350 e. The van der Waals surface area contributed by atoms with Gasteiger partial charge in [-0.2, -0.15) is 0 Å². The average Bonchev–Trinajstić information content (AvgIpc) is 2.61. The maximum Gasteiger partial charge on any atom is 0.271 e. The van der Waals surface area contributed by atoms with Crippen LogP contribution in [0, 0.1) is 22.9 Å². The van der Waals surface area contributed by atoms with Crippen molar-refractivity contribution in [2.24, 2.45) is 0 Å². The molecule has 0 heterocycles. The fourth-order valence-electron chi connectivity index (χ4n) is 2.67. The topological polar surface area (TPSA) is 110 Å². The fourth-order valence-corrected chi connectivity index (χ4v) is 3.89. The lowest BCUT2D eigenvalue weighted by Crippen LogP contribution is -2.48. The van der Waals surface area contributed by atoms with E-state index >= 15 is 0 Å². The van der Waals surface area contributed by atoms with E-state index in [2.05, 4.69) is 5.32 Å². The molecule has 0 saturated carbocycles. The molecule has 1 amide bonds. The van der Waals surface area contributed by atoms with Crippen molar-refractivity contribution >= 4 is 27.3 Å². The molecule has 8 nitrogen and oxygen atoms in total. The minimum absolute atomic E-state index is 0.0566. The van der Waals surface area contributed by atoms with Gasteiger partial charge in [-0.25, -0.2) is 12.8 Å². The van der Waals surface area contributed by atoms with Crippen LogP contribution in [-0.4, -0.2) is 31.5 Å². The van der Waals surface area contributed by atoms with Gasteiger partial charge in [-0.1, -0.05) is 18.2 Å². The predicted molar refractivity (Wildman–Crippen MR) is 103 cm³/mol. The number of non-ortho nitro benzene ring substituents is 1. The summed E-state index contributed by atoms with van der Waals surface area (Å²) in [4.78, 5) is 23.0. The molecule has 0 saturated heterocycles. The summed E-state index contributed by atoms with van der Waals surface area (Å²) in [6, 6.07) is 8.16. The Kier molecular flexibility index (Phi) is 6.34. The molecule has 1 atom stereocenters. The quantitative estimate of drug-likeness (QED) is 0.558. The summed E-state index contributed by atoms with van der Waals surface area (Å²) in [6.07, 6.45) is 0.926. The van der Waals surface area contributed by atoms with E-state index in [1.54, 1.807) is 6.92 Å². The smallest absolute Gasteiger partial charge is 0.271 e. The SMILES string of the molecule is Cc1ccc([N+](=O)[O-])cc1N([C@@H](C)C(=O)NCc1ccc(F)cc1)S(C)(=O)=O. The maximum atomic E-state index is 13.0. The number of amides is 1. The molecule has 0 aliphatic rings. The van der Waals surface area contributed by atoms with E-state index in [-0.39, 0.29) is 17.9 Å². The van der Waals surface area contributed by atoms with E-state index in [4.69, 9.17) is 0 Å². The molecule has 0 bridgehead atoms. The van der Waals surface area contributed by atoms with Crippen molar-refractivity contribution < 1.29 is 22.5 Å². The van der Waals surface area contributed by atoms with Crippen LogP contribution in [0.15, 0.2) is 42.5 Å². The van der Waals surface area contributed by atoms with Crippen molar-refractivity contribution in [2.45, 2.75) is 26.4 Å². The summed E-state index contributed by atoms with van der Waals surface area (Å²) in [6.45, 7) is 3.06. The first-order valence-electron chi connectivity index (χ1n) is 8.27. The second-order valence-corrected chi connectivity index (χ2v) is 8.17. The van der Waals surface area contributed by atoms with Crippen molar-refractivity contribution in [3.05, 3.63) is 69.5 Å². The van der Waals surface area contributed by atoms with Gasteiger partial charge in [-0.05, 0) is 37.1 Å². The third kappa shape index (κ3) is 5.03. The molecule has 2 aromatic rings. The molecule has 0 aliphatic heterocycles. The van der Waals surface area contributed by atoms with Crippen LogP contribution >= 0.6 is 0 Å². The maximum absolute atomic E-state index is 13.0. The van der Waals surface area contributed by atoms with Crippen molar-refractivity contribution in [3.8, 4) is 0 Å². The Hall–Kier alpha value is -3.01. The molecule has 1 N–H and O–H groups in total. The minimum atomic E-state index is -3.92. The highest BCUT2D eigenvalue weighted by Gasteiger charge is 2.31. The Balaban J connectivity index is 2.30. The Morgan fingerprint density at radius 2 is 1.86 bits per heavy atom. The van der Waals surface area contributed by atoms with E-state index in [1.807, 2.05) is 0 Å². The average molecular weight is 409 g/mol. The van der Waals surface area contributed by atoms with Gasteiger partial charge in [0, 0.05) is 18.7 Å². The molecular weight excluding hydrogens is 389 g/mol. The van der Waals surface area contributed by atoms with E-state index in [0.29, 0.717) is 11.1 Å². The lowest BCUT2D eigenvalue weighted by Gasteiger charge is -2.29. The summed E-state index contributed by atoms with van der Waals surface area (Å²) in [5.74, 6) is -1.01. The fraction of sp³-hybridized carbons (Fsp3) is 0.278. The van der Waals surface area contributed by atoms with Gasteiger partial charge in [-0.15, -0.1) is 0 Å². The van der Waals surface area contributed by atoms with Crippen molar-refractivity contribution in [3.63, 3.8) is 0 Å². The second kappa shape index (κ2) is 8.34. The van der Waals surface area contributed by atoms with Crippen LogP contribution in [-0.2, 0) is 21.4 Å². The first-order chi connectivity index (χ1) is 13.0. The first-order valence-corrected chi connectivity index (χ1v) is 10.1. The van der Waals surface area contributed by atoms with Crippen LogP contribution in [0.25, 0.3) is 0 Å². The van der Waals surface area contributed by atoms with Crippen LogP contribution < -0.4 is 9.62 Å². The van der Waals surface area contributed by atoms with Gasteiger partial charge < -0.3 is 5.32 Å². The molecule has 2 rings (SSSR count). The zero-order valence-corrected chi connectivity index (χ0v) is 16.4. The molecule has 0 aliphatic carbocycles. The third-order valence-electron chi connectivity index (χ3n) is 4.11. The molecule has 28 heavy (non-hydrogen) atoms. The number of anilines is 1. The number of rotatable bonds is 7. The van der Waals surface area contributed by atoms with Crippen molar-refractivity contribution in [1.29, 1.82) is 0 Å². The molecule has 150 valence electrons. The molecule has 0 fully saturated rings. The zero-order valence-electron chi connectivity index (χ0n) is 15.5. The highest BCUT2D eigenvalue weighted by molar-refractivity contribution is 7.92. The lowest BCUT2D eigenvalue weighted by molar-refractivity contribution is -0.384. The second-order valence-electron chi connectivity index (χ2n) is 6.31. The Labute approximate surface area is 162 Å². The third-order valence-corrected chi connectivity index (χ3v) is 5.34. The Morgan fingerprint density at radius 1 is 1.25 bits per heavy atom. The zero-order chi connectivity index (χ0) is 21.1. The van der Waals surface area contributed by atoms with Crippen LogP contribution in [0.2, 0.25) is 0 Å². The van der Waals surface area contributed by atoms with Gasteiger partial charge in [0.2, 0.25) is 15.9 Å². The van der Waals surface area contributed by atoms with E-state index in [1.165, 1.54) is 43.3 Å². The number of hydrogen-bond acceptors (Lipinski definition) is 5.